The predicted molar refractivity (Wildman–Crippen MR) is 64.4 cm³/mol. The molecule has 0 radical (unpaired) electrons. The summed E-state index contributed by atoms with van der Waals surface area (Å²) in [5.41, 5.74) is 8.25. The first kappa shape index (κ1) is 11.1. The molecule has 0 spiro atoms. The molecule has 1 aromatic carbocycles. The molecule has 2 N–H and O–H groups in total. The fraction of sp³-hybridized carbons (Fsp3) is 0.182. The SMILES string of the molecule is Cc1ccc([N+](=O)[O-])c(-c2c(N)cnn2C)c1. The minimum Gasteiger partial charge on any atom is -0.396 e. The summed E-state index contributed by atoms with van der Waals surface area (Å²) in [6, 6.07) is 4.93. The van der Waals surface area contributed by atoms with E-state index in [1.54, 1.807) is 19.2 Å². The van der Waals surface area contributed by atoms with E-state index < -0.39 is 4.92 Å². The average molecular weight is 232 g/mol. The molecule has 2 aromatic rings. The monoisotopic (exact) mass is 232 g/mol. The summed E-state index contributed by atoms with van der Waals surface area (Å²) in [6.45, 7) is 1.87. The van der Waals surface area contributed by atoms with Gasteiger partial charge in [0, 0.05) is 13.1 Å². The summed E-state index contributed by atoms with van der Waals surface area (Å²) in [5, 5.41) is 15.0. The van der Waals surface area contributed by atoms with Crippen LogP contribution in [-0.4, -0.2) is 14.7 Å². The lowest BCUT2D eigenvalue weighted by Gasteiger charge is -2.06. The summed E-state index contributed by atoms with van der Waals surface area (Å²) >= 11 is 0. The van der Waals surface area contributed by atoms with Gasteiger partial charge < -0.3 is 5.73 Å². The van der Waals surface area contributed by atoms with Crippen LogP contribution in [0.3, 0.4) is 0 Å². The molecular weight excluding hydrogens is 220 g/mol. The molecule has 6 nitrogen and oxygen atoms in total. The van der Waals surface area contributed by atoms with Crippen LogP contribution >= 0.6 is 0 Å². The Labute approximate surface area is 97.8 Å². The number of hydrogen-bond donors (Lipinski definition) is 1. The third-order valence-corrected chi connectivity index (χ3v) is 2.57. The lowest BCUT2D eigenvalue weighted by atomic mass is 10.1. The minimum absolute atomic E-state index is 0.0332. The first-order chi connectivity index (χ1) is 8.00. The van der Waals surface area contributed by atoms with Gasteiger partial charge in [0.1, 0.15) is 0 Å². The lowest BCUT2D eigenvalue weighted by molar-refractivity contribution is -0.384. The number of nitro groups is 1. The van der Waals surface area contributed by atoms with Crippen molar-refractivity contribution in [3.63, 3.8) is 0 Å². The van der Waals surface area contributed by atoms with Crippen LogP contribution in [-0.2, 0) is 7.05 Å². The smallest absolute Gasteiger partial charge is 0.278 e. The second-order valence-corrected chi connectivity index (χ2v) is 3.85. The molecule has 0 amide bonds. The topological polar surface area (TPSA) is 87.0 Å². The molecule has 0 unspecified atom stereocenters. The number of anilines is 1. The standard InChI is InChI=1S/C11H12N4O2/c1-7-3-4-10(15(16)17)8(5-7)11-9(12)6-13-14(11)2/h3-6H,12H2,1-2H3. The number of hydrogen-bond acceptors (Lipinski definition) is 4. The zero-order chi connectivity index (χ0) is 12.6. The summed E-state index contributed by atoms with van der Waals surface area (Å²) in [6.07, 6.45) is 1.49. The van der Waals surface area contributed by atoms with Crippen molar-refractivity contribution in [1.29, 1.82) is 0 Å². The van der Waals surface area contributed by atoms with E-state index >= 15 is 0 Å². The van der Waals surface area contributed by atoms with Gasteiger partial charge in [-0.25, -0.2) is 0 Å². The molecule has 0 bridgehead atoms. The number of aryl methyl sites for hydroxylation is 2. The van der Waals surface area contributed by atoms with Crippen LogP contribution in [0.5, 0.6) is 0 Å². The van der Waals surface area contributed by atoms with Gasteiger partial charge in [-0.3, -0.25) is 14.8 Å². The van der Waals surface area contributed by atoms with E-state index in [1.165, 1.54) is 16.9 Å². The Morgan fingerprint density at radius 1 is 1.47 bits per heavy atom. The molecule has 0 fully saturated rings. The van der Waals surface area contributed by atoms with Crippen molar-refractivity contribution < 1.29 is 4.92 Å². The molecule has 0 aliphatic heterocycles. The molecule has 88 valence electrons. The molecule has 0 saturated heterocycles. The quantitative estimate of drug-likeness (QED) is 0.632. The van der Waals surface area contributed by atoms with E-state index in [4.69, 9.17) is 5.73 Å². The van der Waals surface area contributed by atoms with E-state index in [2.05, 4.69) is 5.10 Å². The Balaban J connectivity index is 2.74. The summed E-state index contributed by atoms with van der Waals surface area (Å²) in [4.78, 5) is 10.6. The molecule has 0 aliphatic carbocycles. The Hall–Kier alpha value is -2.37. The van der Waals surface area contributed by atoms with Gasteiger partial charge in [0.25, 0.3) is 5.69 Å². The first-order valence-electron chi connectivity index (χ1n) is 5.03. The zero-order valence-electron chi connectivity index (χ0n) is 9.54. The maximum atomic E-state index is 11.0. The Bertz CT molecular complexity index is 570. The molecule has 0 atom stereocenters. The number of nitro benzene ring substituents is 1. The van der Waals surface area contributed by atoms with Gasteiger partial charge in [0.15, 0.2) is 0 Å². The van der Waals surface area contributed by atoms with Crippen molar-refractivity contribution >= 4 is 11.4 Å². The molecule has 6 heteroatoms. The fourth-order valence-corrected chi connectivity index (χ4v) is 1.78. The van der Waals surface area contributed by atoms with E-state index in [0.717, 1.165) is 5.56 Å². The third kappa shape index (κ3) is 1.84. The van der Waals surface area contributed by atoms with Gasteiger partial charge in [-0.05, 0) is 18.6 Å². The largest absolute Gasteiger partial charge is 0.396 e. The maximum absolute atomic E-state index is 11.0. The number of nitrogen functional groups attached to an aromatic ring is 1. The summed E-state index contributed by atoms with van der Waals surface area (Å²) in [5.74, 6) is 0. The summed E-state index contributed by atoms with van der Waals surface area (Å²) in [7, 11) is 1.71. The average Bonchev–Trinajstić information content (AvgIpc) is 2.58. The van der Waals surface area contributed by atoms with Crippen molar-refractivity contribution in [3.05, 3.63) is 40.1 Å². The van der Waals surface area contributed by atoms with Crippen LogP contribution in [0.1, 0.15) is 5.56 Å². The number of aromatic nitrogens is 2. The van der Waals surface area contributed by atoms with E-state index in [9.17, 15) is 10.1 Å². The van der Waals surface area contributed by atoms with E-state index in [0.29, 0.717) is 16.9 Å². The van der Waals surface area contributed by atoms with Gasteiger partial charge in [0.2, 0.25) is 0 Å². The maximum Gasteiger partial charge on any atom is 0.278 e. The minimum atomic E-state index is -0.415. The second-order valence-electron chi connectivity index (χ2n) is 3.85. The van der Waals surface area contributed by atoms with Crippen LogP contribution < -0.4 is 5.73 Å². The van der Waals surface area contributed by atoms with Crippen molar-refractivity contribution in [2.45, 2.75) is 6.92 Å². The number of nitrogens with two attached hydrogens (primary N) is 1. The Kier molecular flexibility index (Phi) is 2.55. The van der Waals surface area contributed by atoms with Crippen LogP contribution in [0, 0.1) is 17.0 Å². The second kappa shape index (κ2) is 3.89. The predicted octanol–water partition coefficient (Wildman–Crippen LogP) is 1.89. The van der Waals surface area contributed by atoms with Gasteiger partial charge in [-0.15, -0.1) is 0 Å². The molecule has 17 heavy (non-hydrogen) atoms. The highest BCUT2D eigenvalue weighted by Gasteiger charge is 2.19. The van der Waals surface area contributed by atoms with Crippen LogP contribution in [0.25, 0.3) is 11.3 Å². The normalized spacial score (nSPS) is 10.5. The van der Waals surface area contributed by atoms with Gasteiger partial charge in [-0.2, -0.15) is 5.10 Å². The van der Waals surface area contributed by atoms with Crippen molar-refractivity contribution in [2.75, 3.05) is 5.73 Å². The molecular formula is C11H12N4O2. The van der Waals surface area contributed by atoms with Crippen molar-refractivity contribution in [1.82, 2.24) is 9.78 Å². The summed E-state index contributed by atoms with van der Waals surface area (Å²) < 4.78 is 1.54. The molecule has 0 saturated carbocycles. The molecule has 2 rings (SSSR count). The fourth-order valence-electron chi connectivity index (χ4n) is 1.78. The van der Waals surface area contributed by atoms with Gasteiger partial charge in [-0.1, -0.05) is 6.07 Å². The lowest BCUT2D eigenvalue weighted by Crippen LogP contribution is -2.00. The van der Waals surface area contributed by atoms with Crippen LogP contribution in [0.15, 0.2) is 24.4 Å². The van der Waals surface area contributed by atoms with Gasteiger partial charge >= 0.3 is 0 Å². The van der Waals surface area contributed by atoms with Crippen LogP contribution in [0.2, 0.25) is 0 Å². The highest BCUT2D eigenvalue weighted by atomic mass is 16.6. The van der Waals surface area contributed by atoms with Crippen molar-refractivity contribution in [3.8, 4) is 11.3 Å². The van der Waals surface area contributed by atoms with Crippen molar-refractivity contribution in [2.24, 2.45) is 7.05 Å². The highest BCUT2D eigenvalue weighted by molar-refractivity contribution is 5.79. The molecule has 1 aromatic heterocycles. The first-order valence-corrected chi connectivity index (χ1v) is 5.03. The molecule has 0 aliphatic rings. The Morgan fingerprint density at radius 3 is 2.71 bits per heavy atom. The number of rotatable bonds is 2. The van der Waals surface area contributed by atoms with Gasteiger partial charge in [0.05, 0.1) is 28.1 Å². The molecule has 1 heterocycles. The third-order valence-electron chi connectivity index (χ3n) is 2.57. The Morgan fingerprint density at radius 2 is 2.18 bits per heavy atom. The number of nitrogens with zero attached hydrogens (tertiary/aromatic N) is 3. The van der Waals surface area contributed by atoms with E-state index in [1.807, 2.05) is 6.92 Å². The zero-order valence-corrected chi connectivity index (χ0v) is 9.54. The number of benzene rings is 1. The van der Waals surface area contributed by atoms with Crippen LogP contribution in [0.4, 0.5) is 11.4 Å². The highest BCUT2D eigenvalue weighted by Crippen LogP contribution is 2.33. The van der Waals surface area contributed by atoms with E-state index in [-0.39, 0.29) is 5.69 Å².